The third-order valence-corrected chi connectivity index (χ3v) is 5.07. The van der Waals surface area contributed by atoms with Gasteiger partial charge in [-0.1, -0.05) is 18.0 Å². The first-order valence-electron chi connectivity index (χ1n) is 8.00. The summed E-state index contributed by atoms with van der Waals surface area (Å²) in [7, 11) is 1.80. The van der Waals surface area contributed by atoms with E-state index in [1.54, 1.807) is 30.2 Å². The lowest BCUT2D eigenvalue weighted by Crippen LogP contribution is -2.20. The number of aryl methyl sites for hydroxylation is 1. The summed E-state index contributed by atoms with van der Waals surface area (Å²) in [6.45, 7) is 0. The fourth-order valence-electron chi connectivity index (χ4n) is 3.19. The Hall–Kier alpha value is -2.40. The number of rotatable bonds is 3. The third-order valence-electron chi connectivity index (χ3n) is 4.74. The van der Waals surface area contributed by atoms with Gasteiger partial charge in [0, 0.05) is 40.8 Å². The smallest absolute Gasteiger partial charge is 0.274 e. The van der Waals surface area contributed by atoms with E-state index < -0.39 is 0 Å². The van der Waals surface area contributed by atoms with Gasteiger partial charge in [-0.3, -0.25) is 14.5 Å². The minimum absolute atomic E-state index is 0.149. The lowest BCUT2D eigenvalue weighted by atomic mass is 9.80. The molecule has 1 amide bonds. The van der Waals surface area contributed by atoms with E-state index in [4.69, 9.17) is 11.6 Å². The highest BCUT2D eigenvalue weighted by Crippen LogP contribution is 2.38. The molecule has 6 heteroatoms. The first-order valence-corrected chi connectivity index (χ1v) is 8.38. The second kappa shape index (κ2) is 5.91. The molecular weight excluding hydrogens is 324 g/mol. The van der Waals surface area contributed by atoms with Gasteiger partial charge in [-0.05, 0) is 37.0 Å². The molecule has 1 aliphatic carbocycles. The van der Waals surface area contributed by atoms with Crippen molar-refractivity contribution in [3.8, 4) is 0 Å². The molecule has 4 rings (SSSR count). The van der Waals surface area contributed by atoms with Gasteiger partial charge in [-0.2, -0.15) is 5.10 Å². The van der Waals surface area contributed by atoms with Gasteiger partial charge in [0.05, 0.1) is 11.9 Å². The Kier molecular flexibility index (Phi) is 3.73. The molecule has 5 nitrogen and oxygen atoms in total. The Labute approximate surface area is 144 Å². The van der Waals surface area contributed by atoms with Crippen LogP contribution in [0.1, 0.15) is 41.2 Å². The number of carbonyl (C=O) groups is 1. The maximum atomic E-state index is 12.9. The average molecular weight is 341 g/mol. The van der Waals surface area contributed by atoms with Crippen LogP contribution in [0.3, 0.4) is 0 Å². The van der Waals surface area contributed by atoms with Gasteiger partial charge in [-0.15, -0.1) is 0 Å². The van der Waals surface area contributed by atoms with E-state index in [-0.39, 0.29) is 5.91 Å². The summed E-state index contributed by atoms with van der Waals surface area (Å²) in [5, 5.41) is 9.62. The van der Waals surface area contributed by atoms with Gasteiger partial charge in [0.15, 0.2) is 0 Å². The number of aromatic nitrogens is 3. The summed E-state index contributed by atoms with van der Waals surface area (Å²) >= 11 is 6.23. The number of hydrogen-bond acceptors (Lipinski definition) is 3. The highest BCUT2D eigenvalue weighted by molar-refractivity contribution is 6.36. The molecule has 1 aliphatic rings. The molecule has 0 radical (unpaired) electrons. The third kappa shape index (κ3) is 2.45. The maximum absolute atomic E-state index is 12.9. The second-order valence-corrected chi connectivity index (χ2v) is 6.58. The van der Waals surface area contributed by atoms with E-state index in [9.17, 15) is 4.79 Å². The van der Waals surface area contributed by atoms with Crippen LogP contribution in [0.5, 0.6) is 0 Å². The number of amides is 1. The minimum Gasteiger partial charge on any atom is -0.320 e. The first kappa shape index (κ1) is 15.1. The van der Waals surface area contributed by atoms with Crippen molar-refractivity contribution in [1.29, 1.82) is 0 Å². The minimum atomic E-state index is -0.149. The molecule has 0 saturated heterocycles. The molecule has 1 N–H and O–H groups in total. The number of nitrogens with zero attached hydrogens (tertiary/aromatic N) is 3. The number of halogens is 1. The molecular formula is C18H17ClN4O. The Morgan fingerprint density at radius 1 is 1.25 bits per heavy atom. The fourth-order valence-corrected chi connectivity index (χ4v) is 3.42. The lowest BCUT2D eigenvalue weighted by molar-refractivity contribution is 0.101. The topological polar surface area (TPSA) is 59.8 Å². The number of hydrogen-bond donors (Lipinski definition) is 1. The monoisotopic (exact) mass is 340 g/mol. The van der Waals surface area contributed by atoms with Crippen molar-refractivity contribution in [2.45, 2.75) is 25.2 Å². The lowest BCUT2D eigenvalue weighted by Gasteiger charge is -2.25. The summed E-state index contributed by atoms with van der Waals surface area (Å²) in [6.07, 6.45) is 8.69. The van der Waals surface area contributed by atoms with Crippen LogP contribution in [0.25, 0.3) is 10.8 Å². The summed E-state index contributed by atoms with van der Waals surface area (Å²) in [6, 6.07) is 5.44. The fraction of sp³-hybridized carbons (Fsp3) is 0.278. The standard InChI is InChI=1S/C18H17ClN4O/c1-23-17(13(10-21-23)11-3-2-4-11)18(24)22-16-6-5-15(19)12-7-8-20-9-14(12)16/h5-11H,2-4H2,1H3,(H,22,24). The average Bonchev–Trinajstić information content (AvgIpc) is 2.90. The van der Waals surface area contributed by atoms with Crippen molar-refractivity contribution in [2.24, 2.45) is 7.05 Å². The molecule has 3 aromatic rings. The zero-order valence-corrected chi connectivity index (χ0v) is 14.0. The van der Waals surface area contributed by atoms with E-state index >= 15 is 0 Å². The quantitative estimate of drug-likeness (QED) is 0.779. The van der Waals surface area contributed by atoms with E-state index in [0.717, 1.165) is 29.2 Å². The van der Waals surface area contributed by atoms with Gasteiger partial charge in [-0.25, -0.2) is 0 Å². The SMILES string of the molecule is Cn1ncc(C2CCC2)c1C(=O)Nc1ccc(Cl)c2ccncc12. The number of nitrogens with one attached hydrogen (secondary N) is 1. The number of fused-ring (bicyclic) bond motifs is 1. The number of carbonyl (C=O) groups excluding carboxylic acids is 1. The van der Waals surface area contributed by atoms with Crippen LogP contribution in [0.15, 0.2) is 36.8 Å². The van der Waals surface area contributed by atoms with Gasteiger partial charge in [0.2, 0.25) is 0 Å². The maximum Gasteiger partial charge on any atom is 0.274 e. The first-order chi connectivity index (χ1) is 11.6. The van der Waals surface area contributed by atoms with E-state index in [2.05, 4.69) is 15.4 Å². The van der Waals surface area contributed by atoms with Crippen molar-refractivity contribution >= 4 is 34.0 Å². The van der Waals surface area contributed by atoms with Crippen molar-refractivity contribution < 1.29 is 4.79 Å². The largest absolute Gasteiger partial charge is 0.320 e. The van der Waals surface area contributed by atoms with Crippen LogP contribution in [-0.4, -0.2) is 20.7 Å². The molecule has 0 aliphatic heterocycles. The summed E-state index contributed by atoms with van der Waals surface area (Å²) in [5.41, 5.74) is 2.37. The predicted octanol–water partition coefficient (Wildman–Crippen LogP) is 4.14. The Morgan fingerprint density at radius 2 is 2.08 bits per heavy atom. The molecule has 122 valence electrons. The van der Waals surface area contributed by atoms with Crippen LogP contribution in [0.4, 0.5) is 5.69 Å². The van der Waals surface area contributed by atoms with Crippen molar-refractivity contribution in [3.05, 3.63) is 53.1 Å². The molecule has 0 spiro atoms. The summed E-state index contributed by atoms with van der Waals surface area (Å²) < 4.78 is 1.65. The molecule has 24 heavy (non-hydrogen) atoms. The van der Waals surface area contributed by atoms with Crippen molar-refractivity contribution in [2.75, 3.05) is 5.32 Å². The van der Waals surface area contributed by atoms with Gasteiger partial charge in [0.1, 0.15) is 5.69 Å². The molecule has 0 unspecified atom stereocenters. The second-order valence-electron chi connectivity index (χ2n) is 6.17. The normalized spacial score (nSPS) is 14.6. The van der Waals surface area contributed by atoms with Crippen LogP contribution >= 0.6 is 11.6 Å². The van der Waals surface area contributed by atoms with Crippen LogP contribution < -0.4 is 5.32 Å². The molecule has 0 bridgehead atoms. The van der Waals surface area contributed by atoms with Gasteiger partial charge < -0.3 is 5.32 Å². The van der Waals surface area contributed by atoms with E-state index in [1.807, 2.05) is 18.3 Å². The zero-order chi connectivity index (χ0) is 16.7. The highest BCUT2D eigenvalue weighted by atomic mass is 35.5. The molecule has 0 atom stereocenters. The number of benzene rings is 1. The summed E-state index contributed by atoms with van der Waals surface area (Å²) in [4.78, 5) is 17.0. The van der Waals surface area contributed by atoms with Crippen LogP contribution in [0, 0.1) is 0 Å². The van der Waals surface area contributed by atoms with Crippen LogP contribution in [0.2, 0.25) is 5.02 Å². The highest BCUT2D eigenvalue weighted by Gasteiger charge is 2.27. The zero-order valence-electron chi connectivity index (χ0n) is 13.3. The molecule has 2 aromatic heterocycles. The van der Waals surface area contributed by atoms with Crippen molar-refractivity contribution in [3.63, 3.8) is 0 Å². The Morgan fingerprint density at radius 3 is 2.83 bits per heavy atom. The molecule has 2 heterocycles. The van der Waals surface area contributed by atoms with Crippen molar-refractivity contribution in [1.82, 2.24) is 14.8 Å². The Balaban J connectivity index is 1.71. The van der Waals surface area contributed by atoms with Crippen LogP contribution in [-0.2, 0) is 7.05 Å². The summed E-state index contributed by atoms with van der Waals surface area (Å²) in [5.74, 6) is 0.299. The number of pyridine rings is 1. The predicted molar refractivity (Wildman–Crippen MR) is 94.5 cm³/mol. The van der Waals surface area contributed by atoms with Gasteiger partial charge >= 0.3 is 0 Å². The van der Waals surface area contributed by atoms with Gasteiger partial charge in [0.25, 0.3) is 5.91 Å². The molecule has 1 fully saturated rings. The molecule has 1 saturated carbocycles. The van der Waals surface area contributed by atoms with E-state index in [0.29, 0.717) is 22.3 Å². The Bertz CT molecular complexity index is 930. The molecule has 1 aromatic carbocycles. The van der Waals surface area contributed by atoms with E-state index in [1.165, 1.54) is 6.42 Å². The number of anilines is 1.